The van der Waals surface area contributed by atoms with E-state index in [0.29, 0.717) is 24.9 Å². The Morgan fingerprint density at radius 3 is 2.41 bits per heavy atom. The summed E-state index contributed by atoms with van der Waals surface area (Å²) in [5.41, 5.74) is 6.60. The Bertz CT molecular complexity index is 1100. The van der Waals surface area contributed by atoms with Crippen LogP contribution in [0.5, 0.6) is 5.75 Å². The van der Waals surface area contributed by atoms with Crippen molar-refractivity contribution in [3.05, 3.63) is 77.9 Å². The molecule has 166 valence electrons. The molecule has 0 fully saturated rings. The molecule has 0 saturated carbocycles. The van der Waals surface area contributed by atoms with E-state index in [2.05, 4.69) is 16.0 Å². The van der Waals surface area contributed by atoms with Crippen LogP contribution in [0.3, 0.4) is 0 Å². The molecular formula is C24H27N5O3. The molecule has 0 unspecified atom stereocenters. The molecule has 3 aromatic rings. The van der Waals surface area contributed by atoms with E-state index in [-0.39, 0.29) is 30.1 Å². The Morgan fingerprint density at radius 1 is 0.969 bits per heavy atom. The zero-order chi connectivity index (χ0) is 22.9. The third-order valence-corrected chi connectivity index (χ3v) is 5.02. The lowest BCUT2D eigenvalue weighted by Crippen LogP contribution is -2.47. The number of guanidine groups is 1. The van der Waals surface area contributed by atoms with Gasteiger partial charge in [0.15, 0.2) is 5.96 Å². The van der Waals surface area contributed by atoms with Crippen LogP contribution < -0.4 is 21.7 Å². The van der Waals surface area contributed by atoms with Gasteiger partial charge in [-0.15, -0.1) is 0 Å². The molecule has 0 radical (unpaired) electrons. The Kier molecular flexibility index (Phi) is 7.64. The second-order valence-electron chi connectivity index (χ2n) is 7.45. The monoisotopic (exact) mass is 433 g/mol. The molecule has 8 nitrogen and oxygen atoms in total. The summed E-state index contributed by atoms with van der Waals surface area (Å²) in [6.45, 7) is 0.691. The van der Waals surface area contributed by atoms with Crippen LogP contribution in [0.25, 0.3) is 10.8 Å². The Balaban J connectivity index is 1.66. The van der Waals surface area contributed by atoms with Crippen LogP contribution in [0.1, 0.15) is 28.8 Å². The van der Waals surface area contributed by atoms with Crippen molar-refractivity contribution in [3.8, 4) is 5.75 Å². The molecule has 8 heteroatoms. The summed E-state index contributed by atoms with van der Waals surface area (Å²) in [5.74, 6) is -0.632. The average molecular weight is 434 g/mol. The minimum Gasteiger partial charge on any atom is -0.508 e. The number of hydrogen-bond acceptors (Lipinski definition) is 4. The Morgan fingerprint density at radius 2 is 1.69 bits per heavy atom. The highest BCUT2D eigenvalue weighted by Crippen LogP contribution is 2.16. The number of rotatable bonds is 9. The lowest BCUT2D eigenvalue weighted by atomic mass is 10.1. The second-order valence-corrected chi connectivity index (χ2v) is 7.45. The maximum absolute atomic E-state index is 12.9. The number of phenolic OH excluding ortho intramolecular Hbond substituents is 1. The first-order valence-corrected chi connectivity index (χ1v) is 10.4. The summed E-state index contributed by atoms with van der Waals surface area (Å²) in [5, 5.41) is 27.0. The van der Waals surface area contributed by atoms with Gasteiger partial charge in [-0.25, -0.2) is 0 Å². The highest BCUT2D eigenvalue weighted by atomic mass is 16.3. The van der Waals surface area contributed by atoms with Gasteiger partial charge in [-0.2, -0.15) is 0 Å². The molecule has 32 heavy (non-hydrogen) atoms. The molecule has 0 aliphatic rings. The largest absolute Gasteiger partial charge is 0.508 e. The van der Waals surface area contributed by atoms with Crippen LogP contribution in [-0.2, 0) is 11.3 Å². The summed E-state index contributed by atoms with van der Waals surface area (Å²) < 4.78 is 0. The second kappa shape index (κ2) is 10.8. The van der Waals surface area contributed by atoms with Crippen molar-refractivity contribution in [1.29, 1.82) is 5.41 Å². The highest BCUT2D eigenvalue weighted by Gasteiger charge is 2.21. The number of amides is 2. The smallest absolute Gasteiger partial charge is 0.251 e. The van der Waals surface area contributed by atoms with E-state index in [0.717, 1.165) is 16.3 Å². The fraction of sp³-hybridized carbons (Fsp3) is 0.208. The van der Waals surface area contributed by atoms with Crippen molar-refractivity contribution in [2.45, 2.75) is 25.4 Å². The normalized spacial score (nSPS) is 11.5. The Hall–Kier alpha value is -4.07. The highest BCUT2D eigenvalue weighted by molar-refractivity contribution is 6.00. The average Bonchev–Trinajstić information content (AvgIpc) is 2.79. The molecule has 2 amide bonds. The van der Waals surface area contributed by atoms with Crippen molar-refractivity contribution in [1.82, 2.24) is 16.0 Å². The van der Waals surface area contributed by atoms with Crippen LogP contribution in [0.15, 0.2) is 66.7 Å². The molecule has 0 aliphatic carbocycles. The van der Waals surface area contributed by atoms with Crippen LogP contribution in [0, 0.1) is 5.41 Å². The molecule has 0 aliphatic heterocycles. The van der Waals surface area contributed by atoms with E-state index in [1.807, 2.05) is 30.3 Å². The standard InChI is InChI=1S/C24H27N5O3/c25-24(26)27-13-3-6-21(23(32)28-15-16-7-11-20(30)12-8-16)29-22(31)19-10-9-17-4-1-2-5-18(17)14-19/h1-2,4-5,7-12,14,21,30H,3,6,13,15H2,(H,28,32)(H,29,31)(H4,25,26,27)/t21-/m1/s1. The fourth-order valence-corrected chi connectivity index (χ4v) is 3.30. The molecule has 0 bridgehead atoms. The van der Waals surface area contributed by atoms with E-state index < -0.39 is 6.04 Å². The molecule has 3 rings (SSSR count). The van der Waals surface area contributed by atoms with Crippen molar-refractivity contribution in [3.63, 3.8) is 0 Å². The maximum Gasteiger partial charge on any atom is 0.251 e. The molecule has 0 heterocycles. The summed E-state index contributed by atoms with van der Waals surface area (Å²) in [6.07, 6.45) is 0.913. The first-order chi connectivity index (χ1) is 15.4. The van der Waals surface area contributed by atoms with Gasteiger partial charge in [0.1, 0.15) is 11.8 Å². The topological polar surface area (TPSA) is 140 Å². The van der Waals surface area contributed by atoms with E-state index in [1.54, 1.807) is 36.4 Å². The van der Waals surface area contributed by atoms with Gasteiger partial charge in [0.25, 0.3) is 5.91 Å². The first-order valence-electron chi connectivity index (χ1n) is 10.4. The number of hydrogen-bond donors (Lipinski definition) is 6. The van der Waals surface area contributed by atoms with Gasteiger partial charge in [0.05, 0.1) is 0 Å². The number of nitrogens with one attached hydrogen (secondary N) is 4. The fourth-order valence-electron chi connectivity index (χ4n) is 3.30. The summed E-state index contributed by atoms with van der Waals surface area (Å²) in [6, 6.07) is 18.9. The molecular weight excluding hydrogens is 406 g/mol. The van der Waals surface area contributed by atoms with E-state index in [4.69, 9.17) is 11.1 Å². The van der Waals surface area contributed by atoms with Gasteiger partial charge in [-0.1, -0.05) is 42.5 Å². The van der Waals surface area contributed by atoms with Gasteiger partial charge < -0.3 is 26.8 Å². The SMILES string of the molecule is N=C(N)NCCC[C@@H](NC(=O)c1ccc2ccccc2c1)C(=O)NCc1ccc(O)cc1. The molecule has 1 atom stereocenters. The van der Waals surface area contributed by atoms with Gasteiger partial charge in [0, 0.05) is 18.7 Å². The summed E-state index contributed by atoms with van der Waals surface area (Å²) >= 11 is 0. The predicted octanol–water partition coefficient (Wildman–Crippen LogP) is 2.22. The van der Waals surface area contributed by atoms with E-state index in [9.17, 15) is 14.7 Å². The van der Waals surface area contributed by atoms with Crippen molar-refractivity contribution >= 4 is 28.5 Å². The zero-order valence-corrected chi connectivity index (χ0v) is 17.6. The number of aromatic hydroxyl groups is 1. The predicted molar refractivity (Wildman–Crippen MR) is 124 cm³/mol. The minimum atomic E-state index is -0.750. The van der Waals surface area contributed by atoms with E-state index in [1.165, 1.54) is 0 Å². The van der Waals surface area contributed by atoms with Crippen molar-refractivity contribution in [2.24, 2.45) is 5.73 Å². The van der Waals surface area contributed by atoms with Crippen LogP contribution in [-0.4, -0.2) is 35.5 Å². The summed E-state index contributed by atoms with van der Waals surface area (Å²) in [4.78, 5) is 25.7. The molecule has 0 spiro atoms. The number of phenols is 1. The van der Waals surface area contributed by atoms with Crippen LogP contribution in [0.2, 0.25) is 0 Å². The van der Waals surface area contributed by atoms with E-state index >= 15 is 0 Å². The number of nitrogens with two attached hydrogens (primary N) is 1. The van der Waals surface area contributed by atoms with Gasteiger partial charge in [-0.05, 0) is 53.4 Å². The van der Waals surface area contributed by atoms with Gasteiger partial charge >= 0.3 is 0 Å². The molecule has 7 N–H and O–H groups in total. The summed E-state index contributed by atoms with van der Waals surface area (Å²) in [7, 11) is 0. The van der Waals surface area contributed by atoms with Crippen LogP contribution in [0.4, 0.5) is 0 Å². The first kappa shape index (κ1) is 22.6. The minimum absolute atomic E-state index is 0.140. The molecule has 0 saturated heterocycles. The van der Waals surface area contributed by atoms with Gasteiger partial charge in [0.2, 0.25) is 5.91 Å². The number of benzene rings is 3. The number of carbonyl (C=O) groups is 2. The van der Waals surface area contributed by atoms with Crippen LogP contribution >= 0.6 is 0 Å². The van der Waals surface area contributed by atoms with Crippen molar-refractivity contribution < 1.29 is 14.7 Å². The molecule has 0 aromatic heterocycles. The van der Waals surface area contributed by atoms with Gasteiger partial charge in [-0.3, -0.25) is 15.0 Å². The molecule has 3 aromatic carbocycles. The third kappa shape index (κ3) is 6.46. The Labute approximate surface area is 186 Å². The zero-order valence-electron chi connectivity index (χ0n) is 17.6. The number of fused-ring (bicyclic) bond motifs is 1. The number of carbonyl (C=O) groups excluding carboxylic acids is 2. The maximum atomic E-state index is 12.9. The lowest BCUT2D eigenvalue weighted by molar-refractivity contribution is -0.123. The quantitative estimate of drug-likeness (QED) is 0.174. The van der Waals surface area contributed by atoms with Crippen molar-refractivity contribution in [2.75, 3.05) is 6.54 Å². The lowest BCUT2D eigenvalue weighted by Gasteiger charge is -2.19. The third-order valence-electron chi connectivity index (χ3n) is 5.02.